The molecule has 0 radical (unpaired) electrons. The van der Waals surface area contributed by atoms with Crippen molar-refractivity contribution < 1.29 is 42.5 Å². The lowest BCUT2D eigenvalue weighted by Crippen LogP contribution is -2.76. The normalized spacial score (nSPS) is 47.5. The monoisotopic (exact) mass is 552 g/mol. The van der Waals surface area contributed by atoms with Gasteiger partial charge in [-0.1, -0.05) is 26.8 Å². The number of ketones is 1. The van der Waals surface area contributed by atoms with Gasteiger partial charge in [0.05, 0.1) is 0 Å². The molecule has 5 rings (SSSR count). The predicted octanol–water partition coefficient (Wildman–Crippen LogP) is 4.17. The first-order valence-electron chi connectivity index (χ1n) is 13.3. The van der Waals surface area contributed by atoms with Gasteiger partial charge in [0.25, 0.3) is 0 Å². The Hall–Kier alpha value is -2.07. The quantitative estimate of drug-likeness (QED) is 0.518. The molecular weight excluding hydrogens is 518 g/mol. The van der Waals surface area contributed by atoms with Crippen LogP contribution in [-0.2, 0) is 28.7 Å². The van der Waals surface area contributed by atoms with E-state index in [-0.39, 0.29) is 43.6 Å². The Morgan fingerprint density at radius 2 is 1.95 bits per heavy atom. The van der Waals surface area contributed by atoms with Crippen LogP contribution in [0.1, 0.15) is 66.2 Å². The number of thioether (sulfide) groups is 1. The summed E-state index contributed by atoms with van der Waals surface area (Å²) >= 11 is 0.579. The summed E-state index contributed by atoms with van der Waals surface area (Å²) in [6.45, 7) is 6.77. The van der Waals surface area contributed by atoms with Crippen LogP contribution in [0.4, 0.5) is 8.78 Å². The number of esters is 2. The summed E-state index contributed by atoms with van der Waals surface area (Å²) in [5.74, 6) is -3.22. The van der Waals surface area contributed by atoms with Gasteiger partial charge in [-0.25, -0.2) is 8.78 Å². The maximum Gasteiger partial charge on any atom is 0.307 e. The van der Waals surface area contributed by atoms with Crippen molar-refractivity contribution in [1.82, 2.24) is 0 Å². The van der Waals surface area contributed by atoms with Crippen LogP contribution in [0.3, 0.4) is 0 Å². The first-order chi connectivity index (χ1) is 17.7. The average molecular weight is 553 g/mol. The molecule has 3 saturated carbocycles. The summed E-state index contributed by atoms with van der Waals surface area (Å²) in [5, 5.41) is 11.5. The van der Waals surface area contributed by atoms with Crippen molar-refractivity contribution in [3.63, 3.8) is 0 Å². The van der Waals surface area contributed by atoms with E-state index >= 15 is 8.78 Å². The number of alkyl halides is 2. The van der Waals surface area contributed by atoms with Crippen molar-refractivity contribution in [2.24, 2.45) is 28.6 Å². The molecule has 1 heterocycles. The highest BCUT2D eigenvalue weighted by molar-refractivity contribution is 8.14. The molecule has 10 atom stereocenters. The van der Waals surface area contributed by atoms with Crippen molar-refractivity contribution in [1.29, 1.82) is 0 Å². The summed E-state index contributed by atoms with van der Waals surface area (Å²) in [6, 6.07) is 0. The molecule has 0 aromatic heterocycles. The molecule has 0 bridgehead atoms. The maximum absolute atomic E-state index is 18.2. The first kappa shape index (κ1) is 27.5. The number of hydrogen-bond donors (Lipinski definition) is 1. The summed E-state index contributed by atoms with van der Waals surface area (Å²) in [7, 11) is 0. The van der Waals surface area contributed by atoms with Crippen LogP contribution in [0.5, 0.6) is 0 Å². The van der Waals surface area contributed by atoms with Crippen LogP contribution in [-0.4, -0.2) is 56.9 Å². The van der Waals surface area contributed by atoms with Gasteiger partial charge in [-0.2, -0.15) is 0 Å². The van der Waals surface area contributed by atoms with Gasteiger partial charge in [-0.05, 0) is 67.5 Å². The van der Waals surface area contributed by atoms with Crippen molar-refractivity contribution in [3.05, 3.63) is 23.8 Å². The molecule has 0 aromatic carbocycles. The molecule has 1 aliphatic heterocycles. The topological polar surface area (TPSA) is 107 Å². The molecule has 0 spiro atoms. The van der Waals surface area contributed by atoms with Crippen molar-refractivity contribution >= 4 is 34.6 Å². The van der Waals surface area contributed by atoms with E-state index in [1.54, 1.807) is 13.8 Å². The minimum atomic E-state index is -2.67. The minimum Gasteiger partial charge on any atom is -0.461 e. The smallest absolute Gasteiger partial charge is 0.307 e. The summed E-state index contributed by atoms with van der Waals surface area (Å²) < 4.78 is 45.0. The highest BCUT2D eigenvalue weighted by Gasteiger charge is 2.80. The highest BCUT2D eigenvalue weighted by Crippen LogP contribution is 2.72. The second kappa shape index (κ2) is 8.98. The van der Waals surface area contributed by atoms with Crippen LogP contribution < -0.4 is 0 Å². The molecule has 7 nitrogen and oxygen atoms in total. The SMILES string of the molecule is CCC(=O)O[C@H]1[C@@H](C)C[C@@H]2[C@H]3C[C@@H](F)C4=CC(=O)C=C[C@]4(C)[C@]3(F)[C@@](O)(C(=O)SC3CCC(=O)O3)C[C@@]21C. The van der Waals surface area contributed by atoms with Crippen LogP contribution >= 0.6 is 11.8 Å². The van der Waals surface area contributed by atoms with Crippen molar-refractivity contribution in [3.8, 4) is 0 Å². The third-order valence-corrected chi connectivity index (χ3v) is 11.0. The Kier molecular flexibility index (Phi) is 6.50. The van der Waals surface area contributed by atoms with E-state index in [0.29, 0.717) is 18.2 Å². The predicted molar refractivity (Wildman–Crippen MR) is 134 cm³/mol. The van der Waals surface area contributed by atoms with Crippen molar-refractivity contribution in [2.75, 3.05) is 0 Å². The number of carbonyl (C=O) groups is 4. The molecule has 38 heavy (non-hydrogen) atoms. The van der Waals surface area contributed by atoms with Gasteiger partial charge in [0, 0.05) is 36.0 Å². The first-order valence-corrected chi connectivity index (χ1v) is 14.2. The number of fused-ring (bicyclic) bond motifs is 5. The third kappa shape index (κ3) is 3.61. The lowest BCUT2D eigenvalue weighted by atomic mass is 9.42. The molecule has 4 aliphatic carbocycles. The minimum absolute atomic E-state index is 0.0871. The Morgan fingerprint density at radius 1 is 1.24 bits per heavy atom. The number of ether oxygens (including phenoxy) is 2. The Morgan fingerprint density at radius 3 is 2.58 bits per heavy atom. The van der Waals surface area contributed by atoms with Crippen LogP contribution in [0.2, 0.25) is 0 Å². The zero-order valence-corrected chi connectivity index (χ0v) is 22.8. The number of rotatable bonds is 4. The van der Waals surface area contributed by atoms with E-state index in [4.69, 9.17) is 9.47 Å². The van der Waals surface area contributed by atoms with Crippen molar-refractivity contribution in [2.45, 2.75) is 95.2 Å². The second-order valence-electron chi connectivity index (χ2n) is 12.0. The molecule has 0 amide bonds. The van der Waals surface area contributed by atoms with E-state index in [9.17, 15) is 24.3 Å². The van der Waals surface area contributed by atoms with Gasteiger partial charge >= 0.3 is 11.9 Å². The van der Waals surface area contributed by atoms with Crippen LogP contribution in [0.15, 0.2) is 23.8 Å². The third-order valence-electron chi connectivity index (χ3n) is 9.88. The summed E-state index contributed by atoms with van der Waals surface area (Å²) in [5.41, 5.74) is -9.08. The number of allylic oxidation sites excluding steroid dienone is 4. The van der Waals surface area contributed by atoms with Gasteiger partial charge in [0.15, 0.2) is 22.5 Å². The van der Waals surface area contributed by atoms with E-state index in [2.05, 4.69) is 0 Å². The standard InChI is InChI=1S/C28H34F2O7S/c1-5-20(32)37-23-14(2)10-16-17-12-19(29)18-11-15(31)8-9-26(18,4)28(17,30)27(35,13-25(16,23)3)24(34)38-22-7-6-21(33)36-22/h8-9,11,14,16-17,19,22-23,35H,5-7,10,12-13H2,1-4H3/t14-,16+,17+,19+,22?,23-,25-,26-,27-,28-/m0/s1. The lowest BCUT2D eigenvalue weighted by Gasteiger charge is -2.65. The number of aliphatic hydroxyl groups is 1. The van der Waals surface area contributed by atoms with Crippen LogP contribution in [0.25, 0.3) is 0 Å². The average Bonchev–Trinajstić information content (AvgIpc) is 3.37. The molecule has 1 unspecified atom stereocenters. The summed E-state index contributed by atoms with van der Waals surface area (Å²) in [4.78, 5) is 50.2. The van der Waals surface area contributed by atoms with Gasteiger partial charge < -0.3 is 14.6 Å². The Labute approximate surface area is 224 Å². The fourth-order valence-electron chi connectivity index (χ4n) is 8.20. The molecule has 5 aliphatic rings. The number of carbonyl (C=O) groups excluding carboxylic acids is 4. The molecule has 1 saturated heterocycles. The molecular formula is C28H34F2O7S. The fraction of sp³-hybridized carbons (Fsp3) is 0.714. The van der Waals surface area contributed by atoms with E-state index < -0.39 is 74.5 Å². The van der Waals surface area contributed by atoms with Crippen LogP contribution in [0, 0.1) is 28.6 Å². The largest absolute Gasteiger partial charge is 0.461 e. The molecule has 208 valence electrons. The van der Waals surface area contributed by atoms with Gasteiger partial charge in [0.2, 0.25) is 5.12 Å². The number of halogens is 2. The van der Waals surface area contributed by atoms with E-state index in [1.165, 1.54) is 13.0 Å². The van der Waals surface area contributed by atoms with Gasteiger partial charge in [0.1, 0.15) is 12.3 Å². The molecule has 4 fully saturated rings. The summed E-state index contributed by atoms with van der Waals surface area (Å²) in [6.07, 6.45) is 1.40. The molecule has 1 N–H and O–H groups in total. The zero-order chi connectivity index (χ0) is 27.8. The molecule has 0 aromatic rings. The van der Waals surface area contributed by atoms with Gasteiger partial charge in [-0.3, -0.25) is 19.2 Å². The maximum atomic E-state index is 18.2. The second-order valence-corrected chi connectivity index (χ2v) is 13.2. The Balaban J connectivity index is 1.66. The number of cyclic esters (lactones) is 1. The van der Waals surface area contributed by atoms with E-state index in [1.807, 2.05) is 6.92 Å². The van der Waals surface area contributed by atoms with E-state index in [0.717, 1.165) is 12.2 Å². The zero-order valence-electron chi connectivity index (χ0n) is 22.0. The fourth-order valence-corrected chi connectivity index (χ4v) is 9.25. The highest BCUT2D eigenvalue weighted by atomic mass is 32.2. The molecule has 10 heteroatoms. The van der Waals surface area contributed by atoms with Gasteiger partial charge in [-0.15, -0.1) is 0 Å². The number of hydrogen-bond acceptors (Lipinski definition) is 8. The Bertz CT molecular complexity index is 1150. The lowest BCUT2D eigenvalue weighted by molar-refractivity contribution is -0.248.